The molecule has 0 saturated heterocycles. The third kappa shape index (κ3) is 3.57. The van der Waals surface area contributed by atoms with Gasteiger partial charge in [-0.15, -0.1) is 0 Å². The zero-order chi connectivity index (χ0) is 13.7. The molecular weight excluding hydrogens is 263 g/mol. The Bertz CT molecular complexity index is 630. The third-order valence-corrected chi connectivity index (χ3v) is 2.91. The zero-order valence-electron chi connectivity index (χ0n) is 10.6. The van der Waals surface area contributed by atoms with Crippen molar-refractivity contribution >= 4 is 18.4 Å². The Labute approximate surface area is 116 Å². The number of H-pyrrole nitrogens is 1. The number of unbranched alkanes of at least 4 members (excludes halogenated alkanes) is 1. The highest BCUT2D eigenvalue weighted by molar-refractivity contribution is 7.71. The van der Waals surface area contributed by atoms with E-state index in [1.807, 2.05) is 0 Å². The quantitative estimate of drug-likeness (QED) is 0.673. The maximum Gasteiger partial charge on any atom is 0.216 e. The maximum atomic E-state index is 13.1. The first-order chi connectivity index (χ1) is 9.20. The Morgan fingerprint density at radius 2 is 2.37 bits per heavy atom. The highest BCUT2D eigenvalue weighted by Gasteiger charge is 2.03. The highest BCUT2D eigenvalue weighted by atomic mass is 32.1. The van der Waals surface area contributed by atoms with Gasteiger partial charge in [-0.2, -0.15) is 14.9 Å². The zero-order valence-corrected chi connectivity index (χ0v) is 11.5. The predicted molar refractivity (Wildman–Crippen MR) is 75.4 cm³/mol. The molecule has 1 aromatic heterocycles. The molecule has 1 heterocycles. The van der Waals surface area contributed by atoms with E-state index >= 15 is 0 Å². The predicted octanol–water partition coefficient (Wildman–Crippen LogP) is 3.30. The summed E-state index contributed by atoms with van der Waals surface area (Å²) in [5.41, 5.74) is 0.685. The monoisotopic (exact) mass is 278 g/mol. The first-order valence-corrected chi connectivity index (χ1v) is 6.57. The number of aromatic amines is 1. The van der Waals surface area contributed by atoms with Gasteiger partial charge in [-0.25, -0.2) is 4.39 Å². The molecular formula is C13H15FN4S. The van der Waals surface area contributed by atoms with Crippen molar-refractivity contribution in [3.8, 4) is 0 Å². The number of nitrogens with zero attached hydrogens (tertiary/aromatic N) is 3. The van der Waals surface area contributed by atoms with Gasteiger partial charge in [0.2, 0.25) is 4.77 Å². The van der Waals surface area contributed by atoms with Gasteiger partial charge >= 0.3 is 0 Å². The summed E-state index contributed by atoms with van der Waals surface area (Å²) in [6.45, 7) is 2.11. The normalized spacial score (nSPS) is 11.3. The standard InChI is InChI=1S/C13H15FN4S/c1-2-3-7-12-16-17-13(19)18(12)15-9-10-5-4-6-11(14)8-10/h4-6,8-9H,2-3,7H2,1H3,(H,17,19)/b15-9+. The second kappa shape index (κ2) is 6.38. The van der Waals surface area contributed by atoms with E-state index in [1.54, 1.807) is 23.0 Å². The van der Waals surface area contributed by atoms with Gasteiger partial charge < -0.3 is 0 Å². The lowest BCUT2D eigenvalue weighted by Gasteiger charge is -1.99. The summed E-state index contributed by atoms with van der Waals surface area (Å²) in [4.78, 5) is 0. The number of hydrogen-bond donors (Lipinski definition) is 1. The molecule has 0 radical (unpaired) electrons. The van der Waals surface area contributed by atoms with Crippen molar-refractivity contribution in [3.05, 3.63) is 46.2 Å². The van der Waals surface area contributed by atoms with E-state index in [9.17, 15) is 4.39 Å². The van der Waals surface area contributed by atoms with E-state index in [2.05, 4.69) is 22.2 Å². The van der Waals surface area contributed by atoms with Crippen LogP contribution in [0.25, 0.3) is 0 Å². The van der Waals surface area contributed by atoms with Crippen molar-refractivity contribution in [2.75, 3.05) is 0 Å². The van der Waals surface area contributed by atoms with Crippen LogP contribution < -0.4 is 0 Å². The molecule has 2 rings (SSSR count). The van der Waals surface area contributed by atoms with Gasteiger partial charge in [-0.05, 0) is 36.3 Å². The first-order valence-electron chi connectivity index (χ1n) is 6.17. The second-order valence-electron chi connectivity index (χ2n) is 4.16. The minimum absolute atomic E-state index is 0.286. The van der Waals surface area contributed by atoms with Gasteiger partial charge in [0.05, 0.1) is 6.21 Å². The lowest BCUT2D eigenvalue weighted by atomic mass is 10.2. The Kier molecular flexibility index (Phi) is 4.57. The summed E-state index contributed by atoms with van der Waals surface area (Å²) in [6, 6.07) is 6.23. The minimum Gasteiger partial charge on any atom is -0.250 e. The van der Waals surface area contributed by atoms with Crippen LogP contribution in [0.2, 0.25) is 0 Å². The third-order valence-electron chi connectivity index (χ3n) is 2.64. The van der Waals surface area contributed by atoms with Crippen LogP contribution in [0.1, 0.15) is 31.2 Å². The molecule has 0 saturated carbocycles. The molecule has 0 fully saturated rings. The molecule has 0 aliphatic heterocycles. The Hall–Kier alpha value is -1.82. The van der Waals surface area contributed by atoms with Gasteiger partial charge in [0.25, 0.3) is 0 Å². The Morgan fingerprint density at radius 3 is 3.11 bits per heavy atom. The van der Waals surface area contributed by atoms with E-state index in [-0.39, 0.29) is 5.82 Å². The van der Waals surface area contributed by atoms with E-state index in [0.29, 0.717) is 10.3 Å². The number of hydrogen-bond acceptors (Lipinski definition) is 3. The van der Waals surface area contributed by atoms with Crippen LogP contribution in [-0.4, -0.2) is 21.1 Å². The number of rotatable bonds is 5. The van der Waals surface area contributed by atoms with Crippen molar-refractivity contribution in [2.24, 2.45) is 5.10 Å². The van der Waals surface area contributed by atoms with Gasteiger partial charge in [0.15, 0.2) is 5.82 Å². The lowest BCUT2D eigenvalue weighted by molar-refractivity contribution is 0.627. The average Bonchev–Trinajstić information content (AvgIpc) is 2.75. The lowest BCUT2D eigenvalue weighted by Crippen LogP contribution is -1.99. The van der Waals surface area contributed by atoms with Gasteiger partial charge in [0.1, 0.15) is 5.82 Å². The number of halogens is 1. The molecule has 2 aromatic rings. The van der Waals surface area contributed by atoms with Crippen LogP contribution in [0.4, 0.5) is 4.39 Å². The molecule has 6 heteroatoms. The topological polar surface area (TPSA) is 46.0 Å². The largest absolute Gasteiger partial charge is 0.250 e. The van der Waals surface area contributed by atoms with Gasteiger partial charge in [0, 0.05) is 6.42 Å². The summed E-state index contributed by atoms with van der Waals surface area (Å²) in [5.74, 6) is 0.505. The van der Waals surface area contributed by atoms with E-state index in [4.69, 9.17) is 12.2 Å². The van der Waals surface area contributed by atoms with Crippen LogP contribution in [0.3, 0.4) is 0 Å². The Morgan fingerprint density at radius 1 is 1.53 bits per heavy atom. The summed E-state index contributed by atoms with van der Waals surface area (Å²) in [6.07, 6.45) is 4.48. The van der Waals surface area contributed by atoms with Crippen molar-refractivity contribution in [3.63, 3.8) is 0 Å². The fraction of sp³-hybridized carbons (Fsp3) is 0.308. The average molecular weight is 278 g/mol. The molecule has 19 heavy (non-hydrogen) atoms. The minimum atomic E-state index is -0.286. The van der Waals surface area contributed by atoms with Crippen LogP contribution >= 0.6 is 12.2 Å². The molecule has 0 amide bonds. The van der Waals surface area contributed by atoms with Crippen molar-refractivity contribution in [1.82, 2.24) is 14.9 Å². The van der Waals surface area contributed by atoms with E-state index in [0.717, 1.165) is 25.1 Å². The number of nitrogens with one attached hydrogen (secondary N) is 1. The van der Waals surface area contributed by atoms with Crippen molar-refractivity contribution in [1.29, 1.82) is 0 Å². The van der Waals surface area contributed by atoms with Crippen LogP contribution in [0.5, 0.6) is 0 Å². The molecule has 0 aliphatic carbocycles. The van der Waals surface area contributed by atoms with E-state index < -0.39 is 0 Å². The maximum absolute atomic E-state index is 13.1. The molecule has 0 spiro atoms. The molecule has 100 valence electrons. The molecule has 0 bridgehead atoms. The van der Waals surface area contributed by atoms with Crippen molar-refractivity contribution in [2.45, 2.75) is 26.2 Å². The smallest absolute Gasteiger partial charge is 0.216 e. The van der Waals surface area contributed by atoms with Gasteiger partial charge in [-0.3, -0.25) is 5.10 Å². The van der Waals surface area contributed by atoms with Crippen LogP contribution in [-0.2, 0) is 6.42 Å². The van der Waals surface area contributed by atoms with Crippen LogP contribution in [0.15, 0.2) is 29.4 Å². The molecule has 0 atom stereocenters. The summed E-state index contributed by atoms with van der Waals surface area (Å²) in [5, 5.41) is 11.1. The fourth-order valence-corrected chi connectivity index (χ4v) is 1.85. The molecule has 4 nitrogen and oxygen atoms in total. The SMILES string of the molecule is CCCCc1n[nH]c(=S)n1/N=C/c1cccc(F)c1. The van der Waals surface area contributed by atoms with E-state index in [1.165, 1.54) is 12.1 Å². The Balaban J connectivity index is 2.23. The summed E-state index contributed by atoms with van der Waals surface area (Å²) in [7, 11) is 0. The van der Waals surface area contributed by atoms with Gasteiger partial charge in [-0.1, -0.05) is 25.5 Å². The fourth-order valence-electron chi connectivity index (χ4n) is 1.65. The number of benzene rings is 1. The molecule has 0 unspecified atom stereocenters. The van der Waals surface area contributed by atoms with Crippen molar-refractivity contribution < 1.29 is 4.39 Å². The second-order valence-corrected chi connectivity index (χ2v) is 4.55. The molecule has 0 aliphatic rings. The highest BCUT2D eigenvalue weighted by Crippen LogP contribution is 2.05. The molecule has 1 N–H and O–H groups in total. The number of aromatic nitrogens is 3. The summed E-state index contributed by atoms with van der Waals surface area (Å²) >= 11 is 5.12. The summed E-state index contributed by atoms with van der Waals surface area (Å²) < 4.78 is 15.1. The molecule has 1 aromatic carbocycles. The van der Waals surface area contributed by atoms with Crippen LogP contribution in [0, 0.1) is 10.6 Å². The first kappa shape index (κ1) is 13.6. The number of aryl methyl sites for hydroxylation is 1.